The zero-order valence-electron chi connectivity index (χ0n) is 11.3. The first-order valence-corrected chi connectivity index (χ1v) is 6.63. The average Bonchev–Trinajstić information content (AvgIpc) is 2.52. The van der Waals surface area contributed by atoms with Crippen LogP contribution in [0.2, 0.25) is 0 Å². The van der Waals surface area contributed by atoms with Crippen molar-refractivity contribution in [3.05, 3.63) is 83.9 Å². The van der Waals surface area contributed by atoms with E-state index in [4.69, 9.17) is 9.78 Å². The van der Waals surface area contributed by atoms with Crippen molar-refractivity contribution in [1.29, 1.82) is 0 Å². The summed E-state index contributed by atoms with van der Waals surface area (Å²) in [5.41, 5.74) is 2.31. The van der Waals surface area contributed by atoms with Gasteiger partial charge in [-0.05, 0) is 11.1 Å². The van der Waals surface area contributed by atoms with Crippen molar-refractivity contribution in [1.82, 2.24) is 0 Å². The van der Waals surface area contributed by atoms with Crippen molar-refractivity contribution in [2.24, 2.45) is 0 Å². The molecule has 0 fully saturated rings. The lowest BCUT2D eigenvalue weighted by Gasteiger charge is -1.98. The molecular weight excluding hydrogens is 248 g/mol. The van der Waals surface area contributed by atoms with E-state index in [2.05, 4.69) is 0 Å². The number of hydrogen-bond donors (Lipinski definition) is 0. The Labute approximate surface area is 119 Å². The van der Waals surface area contributed by atoms with Gasteiger partial charge in [-0.15, -0.1) is 0 Å². The largest absolute Gasteiger partial charge is 0.232 e. The predicted molar refractivity (Wildman–Crippen MR) is 82.9 cm³/mol. The van der Waals surface area contributed by atoms with Crippen LogP contribution in [0.1, 0.15) is 11.1 Å². The molecule has 0 aliphatic rings. The normalized spacial score (nSPS) is 11.4. The smallest absolute Gasteiger partial charge is 0.101 e. The van der Waals surface area contributed by atoms with Crippen LogP contribution >= 0.6 is 0 Å². The van der Waals surface area contributed by atoms with Crippen molar-refractivity contribution in [2.45, 2.75) is 0 Å². The summed E-state index contributed by atoms with van der Waals surface area (Å²) in [6.45, 7) is 0.877. The van der Waals surface area contributed by atoms with Gasteiger partial charge in [0.25, 0.3) is 0 Å². The van der Waals surface area contributed by atoms with Crippen LogP contribution in [0.4, 0.5) is 0 Å². The van der Waals surface area contributed by atoms with Gasteiger partial charge in [-0.25, -0.2) is 9.78 Å². The summed E-state index contributed by atoms with van der Waals surface area (Å²) in [5, 5.41) is 0. The van der Waals surface area contributed by atoms with Crippen molar-refractivity contribution in [3.63, 3.8) is 0 Å². The molecule has 0 radical (unpaired) electrons. The molecule has 0 aliphatic carbocycles. The molecule has 2 aromatic rings. The molecular formula is C18H18O2. The van der Waals surface area contributed by atoms with Crippen LogP contribution in [0.3, 0.4) is 0 Å². The SMILES string of the molecule is C(=Cc1ccccc1)COOCC=Cc1ccccc1. The Balaban J connectivity index is 1.58. The minimum atomic E-state index is 0.439. The van der Waals surface area contributed by atoms with E-state index < -0.39 is 0 Å². The third-order valence-corrected chi connectivity index (χ3v) is 2.63. The second-order valence-corrected chi connectivity index (χ2v) is 4.20. The molecule has 0 aromatic heterocycles. The summed E-state index contributed by atoms with van der Waals surface area (Å²) in [7, 11) is 0. The molecule has 102 valence electrons. The maximum absolute atomic E-state index is 5.06. The van der Waals surface area contributed by atoms with Crippen molar-refractivity contribution < 1.29 is 9.78 Å². The standard InChI is InChI=1S/C18H18O2/c1-3-9-17(10-4-1)13-7-15-19-20-16-8-14-18-11-5-2-6-12-18/h1-14H,15-16H2. The van der Waals surface area contributed by atoms with Gasteiger partial charge in [0.05, 0.1) is 0 Å². The van der Waals surface area contributed by atoms with E-state index in [1.807, 2.05) is 85.0 Å². The quantitative estimate of drug-likeness (QED) is 0.421. The van der Waals surface area contributed by atoms with Crippen LogP contribution in [0.25, 0.3) is 12.2 Å². The molecule has 2 heteroatoms. The van der Waals surface area contributed by atoms with Gasteiger partial charge in [0.15, 0.2) is 0 Å². The summed E-state index contributed by atoms with van der Waals surface area (Å²) in [6.07, 6.45) is 7.86. The first-order valence-electron chi connectivity index (χ1n) is 6.63. The van der Waals surface area contributed by atoms with E-state index >= 15 is 0 Å². The van der Waals surface area contributed by atoms with Crippen molar-refractivity contribution >= 4 is 12.2 Å². The lowest BCUT2D eigenvalue weighted by Crippen LogP contribution is -1.93. The Morgan fingerprint density at radius 2 is 1.00 bits per heavy atom. The molecule has 0 spiro atoms. The van der Waals surface area contributed by atoms with Crippen LogP contribution < -0.4 is 0 Å². The Morgan fingerprint density at radius 1 is 0.600 bits per heavy atom. The van der Waals surface area contributed by atoms with Crippen LogP contribution in [0.5, 0.6) is 0 Å². The molecule has 0 saturated heterocycles. The lowest BCUT2D eigenvalue weighted by atomic mass is 10.2. The van der Waals surface area contributed by atoms with E-state index in [0.717, 1.165) is 11.1 Å². The molecule has 20 heavy (non-hydrogen) atoms. The van der Waals surface area contributed by atoms with Gasteiger partial charge in [-0.1, -0.05) is 85.0 Å². The summed E-state index contributed by atoms with van der Waals surface area (Å²) in [4.78, 5) is 10.1. The molecule has 0 atom stereocenters. The first-order chi connectivity index (χ1) is 9.95. The monoisotopic (exact) mass is 266 g/mol. The molecule has 0 unspecified atom stereocenters. The fourth-order valence-electron chi connectivity index (χ4n) is 1.67. The molecule has 0 bridgehead atoms. The van der Waals surface area contributed by atoms with Crippen LogP contribution in [-0.2, 0) is 9.78 Å². The summed E-state index contributed by atoms with van der Waals surface area (Å²) in [6, 6.07) is 20.2. The zero-order valence-corrected chi connectivity index (χ0v) is 11.3. The molecule has 2 aromatic carbocycles. The van der Waals surface area contributed by atoms with Gasteiger partial charge < -0.3 is 0 Å². The average molecular weight is 266 g/mol. The van der Waals surface area contributed by atoms with Crippen LogP contribution in [0, 0.1) is 0 Å². The molecule has 2 nitrogen and oxygen atoms in total. The summed E-state index contributed by atoms with van der Waals surface area (Å²) >= 11 is 0. The number of hydrogen-bond acceptors (Lipinski definition) is 2. The van der Waals surface area contributed by atoms with Gasteiger partial charge in [-0.3, -0.25) is 0 Å². The molecule has 0 amide bonds. The van der Waals surface area contributed by atoms with E-state index in [0.29, 0.717) is 13.2 Å². The summed E-state index contributed by atoms with van der Waals surface area (Å²) < 4.78 is 0. The Hall–Kier alpha value is -2.16. The number of benzene rings is 2. The van der Waals surface area contributed by atoms with Crippen LogP contribution in [0.15, 0.2) is 72.8 Å². The van der Waals surface area contributed by atoms with E-state index in [1.165, 1.54) is 0 Å². The third kappa shape index (κ3) is 5.65. The van der Waals surface area contributed by atoms with E-state index in [9.17, 15) is 0 Å². The van der Waals surface area contributed by atoms with E-state index in [1.54, 1.807) is 0 Å². The topological polar surface area (TPSA) is 18.5 Å². The van der Waals surface area contributed by atoms with Crippen LogP contribution in [-0.4, -0.2) is 13.2 Å². The molecule has 0 saturated carbocycles. The fraction of sp³-hybridized carbons (Fsp3) is 0.111. The third-order valence-electron chi connectivity index (χ3n) is 2.63. The second-order valence-electron chi connectivity index (χ2n) is 4.20. The Morgan fingerprint density at radius 3 is 1.40 bits per heavy atom. The molecule has 0 heterocycles. The highest BCUT2D eigenvalue weighted by Crippen LogP contribution is 2.01. The maximum Gasteiger partial charge on any atom is 0.101 e. The molecule has 0 aliphatic heterocycles. The van der Waals surface area contributed by atoms with Crippen molar-refractivity contribution in [2.75, 3.05) is 13.2 Å². The maximum atomic E-state index is 5.06. The molecule has 0 N–H and O–H groups in total. The van der Waals surface area contributed by atoms with Gasteiger partial charge in [0.1, 0.15) is 13.2 Å². The Kier molecular flexibility index (Phi) is 6.31. The highest BCUT2D eigenvalue weighted by atomic mass is 17.2. The zero-order chi connectivity index (χ0) is 13.9. The van der Waals surface area contributed by atoms with Gasteiger partial charge in [0.2, 0.25) is 0 Å². The van der Waals surface area contributed by atoms with E-state index in [-0.39, 0.29) is 0 Å². The van der Waals surface area contributed by atoms with Gasteiger partial charge in [0, 0.05) is 0 Å². The fourth-order valence-corrected chi connectivity index (χ4v) is 1.67. The number of rotatable bonds is 7. The Bertz CT molecular complexity index is 478. The summed E-state index contributed by atoms with van der Waals surface area (Å²) in [5.74, 6) is 0. The highest BCUT2D eigenvalue weighted by Gasteiger charge is 1.86. The predicted octanol–water partition coefficient (Wildman–Crippen LogP) is 4.36. The van der Waals surface area contributed by atoms with Crippen molar-refractivity contribution in [3.8, 4) is 0 Å². The minimum Gasteiger partial charge on any atom is -0.232 e. The van der Waals surface area contributed by atoms with Gasteiger partial charge in [-0.2, -0.15) is 0 Å². The minimum absolute atomic E-state index is 0.439. The van der Waals surface area contributed by atoms with Gasteiger partial charge >= 0.3 is 0 Å². The highest BCUT2D eigenvalue weighted by molar-refractivity contribution is 5.49. The first kappa shape index (κ1) is 14.3. The second kappa shape index (κ2) is 8.86. The lowest BCUT2D eigenvalue weighted by molar-refractivity contribution is -0.277. The molecule has 2 rings (SSSR count).